The molecule has 162 valence electrons. The van der Waals surface area contributed by atoms with Gasteiger partial charge in [-0.3, -0.25) is 9.89 Å². The van der Waals surface area contributed by atoms with Crippen LogP contribution in [-0.2, 0) is 14.3 Å². The quantitative estimate of drug-likeness (QED) is 0.662. The maximum atomic E-state index is 13.4. The van der Waals surface area contributed by atoms with Crippen molar-refractivity contribution < 1.29 is 27.8 Å². The van der Waals surface area contributed by atoms with Gasteiger partial charge in [0.05, 0.1) is 18.2 Å². The number of alkyl carbamates (subject to hydrolysis) is 1. The number of rotatable bonds is 6. The van der Waals surface area contributed by atoms with Crippen LogP contribution in [0.5, 0.6) is 0 Å². The van der Waals surface area contributed by atoms with E-state index in [9.17, 15) is 18.4 Å². The summed E-state index contributed by atoms with van der Waals surface area (Å²) in [6.07, 6.45) is -0.813. The van der Waals surface area contributed by atoms with E-state index >= 15 is 0 Å². The Morgan fingerprint density at radius 2 is 1.90 bits per heavy atom. The predicted octanol–water partition coefficient (Wildman–Crippen LogP) is 3.39. The second-order valence-electron chi connectivity index (χ2n) is 7.51. The third-order valence-corrected chi connectivity index (χ3v) is 4.61. The number of aromatic amines is 1. The number of hydrogen-bond acceptors (Lipinski definition) is 5. The highest BCUT2D eigenvalue weighted by atomic mass is 19.1. The van der Waals surface area contributed by atoms with Crippen LogP contribution in [0.25, 0.3) is 0 Å². The van der Waals surface area contributed by atoms with Crippen molar-refractivity contribution in [3.63, 3.8) is 0 Å². The van der Waals surface area contributed by atoms with Crippen LogP contribution in [0.2, 0.25) is 0 Å². The average Bonchev–Trinajstić information content (AvgIpc) is 3.28. The summed E-state index contributed by atoms with van der Waals surface area (Å²) >= 11 is 0. The van der Waals surface area contributed by atoms with Crippen molar-refractivity contribution in [1.82, 2.24) is 15.5 Å². The predicted molar refractivity (Wildman–Crippen MR) is 104 cm³/mol. The fraction of sp³-hybridized carbons (Fsp3) is 0.450. The second-order valence-corrected chi connectivity index (χ2v) is 7.51. The molecule has 0 radical (unpaired) electrons. The molecule has 10 heteroatoms. The van der Waals surface area contributed by atoms with Gasteiger partial charge in [0.1, 0.15) is 23.8 Å². The maximum Gasteiger partial charge on any atom is 0.407 e. The molecule has 1 aliphatic rings. The smallest absolute Gasteiger partial charge is 0.407 e. The molecule has 3 atom stereocenters. The highest BCUT2D eigenvalue weighted by Crippen LogP contribution is 2.30. The van der Waals surface area contributed by atoms with Crippen LogP contribution < -0.4 is 10.6 Å². The van der Waals surface area contributed by atoms with Crippen LogP contribution in [0.4, 0.5) is 19.4 Å². The summed E-state index contributed by atoms with van der Waals surface area (Å²) in [5.74, 6) is -2.48. The van der Waals surface area contributed by atoms with Crippen molar-refractivity contribution in [2.24, 2.45) is 0 Å². The Kier molecular flexibility index (Phi) is 6.66. The first-order valence-electron chi connectivity index (χ1n) is 9.62. The van der Waals surface area contributed by atoms with Gasteiger partial charge in [-0.15, -0.1) is 0 Å². The lowest BCUT2D eigenvalue weighted by Gasteiger charge is -2.13. The molecule has 1 aromatic heterocycles. The topological polar surface area (TPSA) is 105 Å². The van der Waals surface area contributed by atoms with Gasteiger partial charge in [-0.05, 0) is 38.5 Å². The van der Waals surface area contributed by atoms with Gasteiger partial charge in [-0.1, -0.05) is 0 Å². The zero-order valence-electron chi connectivity index (χ0n) is 16.9. The van der Waals surface area contributed by atoms with E-state index in [-0.39, 0.29) is 30.1 Å². The number of halogens is 2. The van der Waals surface area contributed by atoms with Gasteiger partial charge in [0.25, 0.3) is 0 Å². The number of benzene rings is 1. The van der Waals surface area contributed by atoms with Gasteiger partial charge >= 0.3 is 6.09 Å². The van der Waals surface area contributed by atoms with Crippen molar-refractivity contribution in [3.05, 3.63) is 47.2 Å². The summed E-state index contributed by atoms with van der Waals surface area (Å²) in [6.45, 7) is 5.46. The number of amides is 2. The molecule has 0 aliphatic carbocycles. The van der Waals surface area contributed by atoms with E-state index in [1.807, 2.05) is 13.8 Å². The zero-order chi connectivity index (χ0) is 21.8. The Bertz CT molecular complexity index is 898. The minimum absolute atomic E-state index is 0.0272. The molecule has 0 unspecified atom stereocenters. The van der Waals surface area contributed by atoms with Crippen LogP contribution in [0, 0.1) is 11.6 Å². The first-order chi connectivity index (χ1) is 14.2. The van der Waals surface area contributed by atoms with Gasteiger partial charge in [0.15, 0.2) is 5.82 Å². The Morgan fingerprint density at radius 3 is 2.57 bits per heavy atom. The van der Waals surface area contributed by atoms with Crippen molar-refractivity contribution in [3.8, 4) is 0 Å². The highest BCUT2D eigenvalue weighted by Gasteiger charge is 2.31. The number of carbonyl (C=O) groups is 2. The normalized spacial score (nSPS) is 19.5. The molecule has 0 bridgehead atoms. The molecule has 1 aliphatic heterocycles. The van der Waals surface area contributed by atoms with Crippen LogP contribution in [0.15, 0.2) is 24.3 Å². The van der Waals surface area contributed by atoms with Crippen LogP contribution in [0.1, 0.15) is 50.5 Å². The van der Waals surface area contributed by atoms with Gasteiger partial charge in [0.2, 0.25) is 5.91 Å². The van der Waals surface area contributed by atoms with Crippen LogP contribution in [-0.4, -0.2) is 41.0 Å². The molecule has 1 aromatic carbocycles. The van der Waals surface area contributed by atoms with Crippen molar-refractivity contribution in [2.45, 2.75) is 51.4 Å². The molecule has 8 nitrogen and oxygen atoms in total. The van der Waals surface area contributed by atoms with E-state index in [4.69, 9.17) is 9.47 Å². The number of H-pyrrole nitrogens is 1. The van der Waals surface area contributed by atoms with Gasteiger partial charge < -0.3 is 20.1 Å². The van der Waals surface area contributed by atoms with Gasteiger partial charge in [-0.2, -0.15) is 5.10 Å². The largest absolute Gasteiger partial charge is 0.444 e. The number of hydrogen-bond donors (Lipinski definition) is 3. The third-order valence-electron chi connectivity index (χ3n) is 4.61. The van der Waals surface area contributed by atoms with Gasteiger partial charge in [-0.25, -0.2) is 13.6 Å². The summed E-state index contributed by atoms with van der Waals surface area (Å²) in [6, 6.07) is 4.56. The standard InChI is InChI=1S/C20H24F2N4O4/c1-10(2)23-20(28)30-15-7-17(29-9-15)16-8-18(26-25-16)24-19(27)11(3)12-4-13(21)6-14(22)5-12/h4-6,8,10-11,15,17H,7,9H2,1-3H3,(H,23,28)(H2,24,25,26,27)/t11-,15+,17+/m0/s1. The molecule has 2 aromatic rings. The van der Waals surface area contributed by atoms with E-state index in [1.165, 1.54) is 0 Å². The van der Waals surface area contributed by atoms with Crippen molar-refractivity contribution in [1.29, 1.82) is 0 Å². The molecule has 30 heavy (non-hydrogen) atoms. The maximum absolute atomic E-state index is 13.4. The number of nitrogens with zero attached hydrogens (tertiary/aromatic N) is 1. The first kappa shape index (κ1) is 21.7. The second kappa shape index (κ2) is 9.21. The Hall–Kier alpha value is -3.01. The Balaban J connectivity index is 1.56. The summed E-state index contributed by atoms with van der Waals surface area (Å²) in [5, 5.41) is 12.1. The van der Waals surface area contributed by atoms with E-state index in [2.05, 4.69) is 20.8 Å². The Labute approximate surface area is 172 Å². The number of carbonyl (C=O) groups excluding carboxylic acids is 2. The molecule has 2 heterocycles. The zero-order valence-corrected chi connectivity index (χ0v) is 16.9. The monoisotopic (exact) mass is 422 g/mol. The van der Waals surface area contributed by atoms with Crippen molar-refractivity contribution in [2.75, 3.05) is 11.9 Å². The van der Waals surface area contributed by atoms with E-state index in [0.717, 1.165) is 18.2 Å². The highest BCUT2D eigenvalue weighted by molar-refractivity contribution is 5.94. The molecule has 3 N–H and O–H groups in total. The van der Waals surface area contributed by atoms with Crippen LogP contribution >= 0.6 is 0 Å². The number of ether oxygens (including phenoxy) is 2. The molecule has 0 spiro atoms. The van der Waals surface area contributed by atoms with Gasteiger partial charge in [0, 0.05) is 24.6 Å². The summed E-state index contributed by atoms with van der Waals surface area (Å²) in [4.78, 5) is 24.1. The molecule has 0 saturated carbocycles. The summed E-state index contributed by atoms with van der Waals surface area (Å²) in [7, 11) is 0. The molecular formula is C20H24F2N4O4. The number of anilines is 1. The Morgan fingerprint density at radius 1 is 1.20 bits per heavy atom. The minimum Gasteiger partial charge on any atom is -0.444 e. The molecule has 3 rings (SSSR count). The lowest BCUT2D eigenvalue weighted by molar-refractivity contribution is -0.117. The minimum atomic E-state index is -0.782. The lowest BCUT2D eigenvalue weighted by Crippen LogP contribution is -2.33. The fourth-order valence-corrected chi connectivity index (χ4v) is 3.09. The average molecular weight is 422 g/mol. The molecule has 1 saturated heterocycles. The third kappa shape index (κ3) is 5.53. The molecular weight excluding hydrogens is 398 g/mol. The van der Waals surface area contributed by atoms with E-state index < -0.39 is 35.7 Å². The van der Waals surface area contributed by atoms with E-state index in [0.29, 0.717) is 12.1 Å². The number of nitrogens with one attached hydrogen (secondary N) is 3. The first-order valence-corrected chi connectivity index (χ1v) is 9.62. The van der Waals surface area contributed by atoms with Crippen molar-refractivity contribution >= 4 is 17.8 Å². The fourth-order valence-electron chi connectivity index (χ4n) is 3.09. The number of aromatic nitrogens is 2. The van der Waals surface area contributed by atoms with E-state index in [1.54, 1.807) is 13.0 Å². The van der Waals surface area contributed by atoms with Crippen LogP contribution in [0.3, 0.4) is 0 Å². The molecule has 1 fully saturated rings. The molecule has 2 amide bonds. The SMILES string of the molecule is CC(C)NC(=O)O[C@H]1CO[C@@H](c2cc(NC(=O)[C@@H](C)c3cc(F)cc(F)c3)n[nH]2)C1. The lowest BCUT2D eigenvalue weighted by atomic mass is 10.00. The summed E-state index contributed by atoms with van der Waals surface area (Å²) < 4.78 is 37.7. The summed E-state index contributed by atoms with van der Waals surface area (Å²) in [5.41, 5.74) is 0.838.